The number of benzene rings is 2. The first-order chi connectivity index (χ1) is 15.8. The van der Waals surface area contributed by atoms with Gasteiger partial charge in [0, 0.05) is 30.0 Å². The van der Waals surface area contributed by atoms with Gasteiger partial charge in [0.1, 0.15) is 11.8 Å². The number of fused-ring (bicyclic) bond motifs is 1. The second-order valence-corrected chi connectivity index (χ2v) is 8.65. The molecule has 0 bridgehead atoms. The number of hydrogen-bond donors (Lipinski definition) is 2. The molecule has 0 saturated carbocycles. The monoisotopic (exact) mass is 469 g/mol. The average Bonchev–Trinajstić information content (AvgIpc) is 3.10. The van der Waals surface area contributed by atoms with E-state index in [1.165, 1.54) is 12.0 Å². The Morgan fingerprint density at radius 1 is 1.24 bits per heavy atom. The Balaban J connectivity index is 1.40. The van der Waals surface area contributed by atoms with E-state index >= 15 is 0 Å². The number of halogens is 1. The number of piperidine rings is 1. The summed E-state index contributed by atoms with van der Waals surface area (Å²) in [6.07, 6.45) is 1.18. The summed E-state index contributed by atoms with van der Waals surface area (Å²) in [5.74, 6) is -0.653. The van der Waals surface area contributed by atoms with E-state index < -0.39 is 11.9 Å². The molecule has 2 aromatic rings. The molecule has 2 aromatic carbocycles. The lowest BCUT2D eigenvalue weighted by atomic mass is 10.0. The number of hydrogen-bond acceptors (Lipinski definition) is 5. The van der Waals surface area contributed by atoms with E-state index in [-0.39, 0.29) is 30.6 Å². The van der Waals surface area contributed by atoms with Crippen LogP contribution in [0.5, 0.6) is 5.75 Å². The molecule has 1 saturated heterocycles. The van der Waals surface area contributed by atoms with Crippen LogP contribution in [0.1, 0.15) is 46.3 Å². The summed E-state index contributed by atoms with van der Waals surface area (Å²) in [5.41, 5.74) is 3.56. The lowest BCUT2D eigenvalue weighted by molar-refractivity contribution is -0.137. The van der Waals surface area contributed by atoms with Gasteiger partial charge in [-0.15, -0.1) is 0 Å². The van der Waals surface area contributed by atoms with Crippen LogP contribution in [0, 0.1) is 6.92 Å². The van der Waals surface area contributed by atoms with Crippen LogP contribution in [0.15, 0.2) is 30.3 Å². The molecule has 0 aliphatic carbocycles. The molecule has 1 unspecified atom stereocenters. The van der Waals surface area contributed by atoms with Crippen molar-refractivity contribution in [3.05, 3.63) is 57.6 Å². The molecular weight excluding hydrogens is 446 g/mol. The minimum absolute atomic E-state index is 0.204. The van der Waals surface area contributed by atoms with E-state index in [1.807, 2.05) is 19.1 Å². The van der Waals surface area contributed by atoms with E-state index in [9.17, 15) is 19.2 Å². The predicted molar refractivity (Wildman–Crippen MR) is 122 cm³/mol. The van der Waals surface area contributed by atoms with Crippen molar-refractivity contribution in [2.24, 2.45) is 0 Å². The zero-order valence-electron chi connectivity index (χ0n) is 18.4. The number of anilines is 1. The van der Waals surface area contributed by atoms with E-state index in [4.69, 9.17) is 16.3 Å². The van der Waals surface area contributed by atoms with Crippen molar-refractivity contribution in [2.75, 3.05) is 12.4 Å². The van der Waals surface area contributed by atoms with Crippen molar-refractivity contribution in [1.82, 2.24) is 10.2 Å². The number of ether oxygens (including phenoxy) is 1. The van der Waals surface area contributed by atoms with Crippen LogP contribution in [-0.4, -0.2) is 41.7 Å². The van der Waals surface area contributed by atoms with Crippen LogP contribution < -0.4 is 15.4 Å². The van der Waals surface area contributed by atoms with Crippen LogP contribution in [0.3, 0.4) is 0 Å². The number of nitrogens with one attached hydrogen (secondary N) is 2. The Morgan fingerprint density at radius 3 is 2.76 bits per heavy atom. The van der Waals surface area contributed by atoms with Crippen molar-refractivity contribution in [2.45, 2.75) is 45.2 Å². The van der Waals surface area contributed by atoms with E-state index in [0.717, 1.165) is 16.7 Å². The number of carbonyl (C=O) groups is 4. The summed E-state index contributed by atoms with van der Waals surface area (Å²) >= 11 is 6.17. The minimum Gasteiger partial charge on any atom is -0.495 e. The SMILES string of the molecule is COc1cc(C)c(Cl)cc1NC(=O)CCc1ccc2c(c1)C(=O)N(C1CCC(=O)NC1=O)C2. The number of rotatable bonds is 6. The molecular formula is C24H24ClN3O5. The molecule has 172 valence electrons. The zero-order valence-corrected chi connectivity index (χ0v) is 19.1. The Morgan fingerprint density at radius 2 is 2.03 bits per heavy atom. The van der Waals surface area contributed by atoms with Gasteiger partial charge in [-0.25, -0.2) is 0 Å². The maximum Gasteiger partial charge on any atom is 0.255 e. The van der Waals surface area contributed by atoms with Gasteiger partial charge < -0.3 is 15.0 Å². The van der Waals surface area contributed by atoms with Crippen LogP contribution in [0.4, 0.5) is 5.69 Å². The highest BCUT2D eigenvalue weighted by molar-refractivity contribution is 6.31. The molecule has 1 fully saturated rings. The summed E-state index contributed by atoms with van der Waals surface area (Å²) in [6.45, 7) is 2.18. The normalized spacial score (nSPS) is 17.6. The molecule has 4 amide bonds. The Bertz CT molecular complexity index is 1160. The van der Waals surface area contributed by atoms with Crippen LogP contribution in [0.2, 0.25) is 5.02 Å². The van der Waals surface area contributed by atoms with Gasteiger partial charge in [-0.1, -0.05) is 23.7 Å². The van der Waals surface area contributed by atoms with Gasteiger partial charge in [0.05, 0.1) is 12.8 Å². The summed E-state index contributed by atoms with van der Waals surface area (Å²) in [5, 5.41) is 5.65. The molecule has 33 heavy (non-hydrogen) atoms. The van der Waals surface area contributed by atoms with Gasteiger partial charge in [0.15, 0.2) is 0 Å². The van der Waals surface area contributed by atoms with Gasteiger partial charge >= 0.3 is 0 Å². The minimum atomic E-state index is -0.645. The molecule has 8 nitrogen and oxygen atoms in total. The van der Waals surface area contributed by atoms with Crippen molar-refractivity contribution >= 4 is 40.9 Å². The Kier molecular flexibility index (Phi) is 6.37. The van der Waals surface area contributed by atoms with Gasteiger partial charge in [-0.3, -0.25) is 24.5 Å². The number of imide groups is 1. The standard InChI is InChI=1S/C24H24ClN3O5/c1-13-9-20(33-2)18(11-17(13)25)26-21(29)7-4-14-3-5-15-12-28(24(32)16(15)10-14)19-6-8-22(30)27-23(19)31/h3,5,9-11,19H,4,6-8,12H2,1-2H3,(H,26,29)(H,27,30,31). The lowest BCUT2D eigenvalue weighted by Crippen LogP contribution is -2.52. The molecule has 4 rings (SSSR count). The highest BCUT2D eigenvalue weighted by Gasteiger charge is 2.39. The molecule has 0 spiro atoms. The summed E-state index contributed by atoms with van der Waals surface area (Å²) in [6, 6.07) is 8.29. The third-order valence-electron chi connectivity index (χ3n) is 5.99. The zero-order chi connectivity index (χ0) is 23.7. The summed E-state index contributed by atoms with van der Waals surface area (Å²) in [7, 11) is 1.53. The second-order valence-electron chi connectivity index (χ2n) is 8.24. The number of amides is 4. The molecule has 0 radical (unpaired) electrons. The smallest absolute Gasteiger partial charge is 0.255 e. The first-order valence-electron chi connectivity index (χ1n) is 10.7. The molecule has 2 aliphatic heterocycles. The Hall–Kier alpha value is -3.39. The van der Waals surface area contributed by atoms with Crippen molar-refractivity contribution in [3.8, 4) is 5.75 Å². The maximum absolute atomic E-state index is 12.9. The molecule has 2 aliphatic rings. The third-order valence-corrected chi connectivity index (χ3v) is 6.40. The fraction of sp³-hybridized carbons (Fsp3) is 0.333. The number of nitrogens with zero attached hydrogens (tertiary/aromatic N) is 1. The fourth-order valence-electron chi connectivity index (χ4n) is 4.15. The number of carbonyl (C=O) groups excluding carboxylic acids is 4. The average molecular weight is 470 g/mol. The third kappa shape index (κ3) is 4.71. The first-order valence-corrected chi connectivity index (χ1v) is 11.0. The topological polar surface area (TPSA) is 105 Å². The van der Waals surface area contributed by atoms with Crippen molar-refractivity contribution < 1.29 is 23.9 Å². The molecule has 1 atom stereocenters. The molecule has 0 aromatic heterocycles. The summed E-state index contributed by atoms with van der Waals surface area (Å²) in [4.78, 5) is 50.5. The first kappa shape index (κ1) is 22.8. The number of aryl methyl sites for hydroxylation is 2. The van der Waals surface area contributed by atoms with Gasteiger partial charge in [0.25, 0.3) is 5.91 Å². The quantitative estimate of drug-likeness (QED) is 0.633. The van der Waals surface area contributed by atoms with Gasteiger partial charge in [-0.2, -0.15) is 0 Å². The van der Waals surface area contributed by atoms with Gasteiger partial charge in [-0.05, 0) is 54.7 Å². The predicted octanol–water partition coefficient (Wildman–Crippen LogP) is 2.99. The van der Waals surface area contributed by atoms with Crippen molar-refractivity contribution in [3.63, 3.8) is 0 Å². The molecule has 2 N–H and O–H groups in total. The van der Waals surface area contributed by atoms with Crippen molar-refractivity contribution in [1.29, 1.82) is 0 Å². The van der Waals surface area contributed by atoms with E-state index in [1.54, 1.807) is 18.2 Å². The highest BCUT2D eigenvalue weighted by Crippen LogP contribution is 2.31. The fourth-order valence-corrected chi connectivity index (χ4v) is 4.31. The highest BCUT2D eigenvalue weighted by atomic mass is 35.5. The second kappa shape index (κ2) is 9.23. The molecule has 9 heteroatoms. The maximum atomic E-state index is 12.9. The number of methoxy groups -OCH3 is 1. The lowest BCUT2D eigenvalue weighted by Gasteiger charge is -2.29. The molecule has 2 heterocycles. The van der Waals surface area contributed by atoms with Crippen LogP contribution in [-0.2, 0) is 27.3 Å². The Labute approximate surface area is 196 Å². The van der Waals surface area contributed by atoms with Gasteiger partial charge in [0.2, 0.25) is 17.7 Å². The van der Waals surface area contributed by atoms with E-state index in [2.05, 4.69) is 10.6 Å². The van der Waals surface area contributed by atoms with Crippen LogP contribution >= 0.6 is 11.6 Å². The summed E-state index contributed by atoms with van der Waals surface area (Å²) < 4.78 is 5.32. The van der Waals surface area contributed by atoms with Crippen LogP contribution in [0.25, 0.3) is 0 Å². The van der Waals surface area contributed by atoms with E-state index in [0.29, 0.717) is 41.4 Å². The largest absolute Gasteiger partial charge is 0.495 e.